The van der Waals surface area contributed by atoms with Crippen LogP contribution in [0.5, 0.6) is 0 Å². The van der Waals surface area contributed by atoms with Crippen LogP contribution in [-0.2, 0) is 10.1 Å². The molecular weight excluding hydrogens is 308 g/mol. The van der Waals surface area contributed by atoms with Crippen LogP contribution in [0.1, 0.15) is 28.4 Å². The van der Waals surface area contributed by atoms with Crippen LogP contribution in [0.25, 0.3) is 0 Å². The van der Waals surface area contributed by atoms with Crippen molar-refractivity contribution in [2.75, 3.05) is 0 Å². The van der Waals surface area contributed by atoms with E-state index in [9.17, 15) is 4.79 Å². The number of hydrogen-bond acceptors (Lipinski definition) is 1. The highest BCUT2D eigenvalue weighted by molar-refractivity contribution is 9.09. The van der Waals surface area contributed by atoms with Crippen molar-refractivity contribution < 1.29 is 4.79 Å². The van der Waals surface area contributed by atoms with Gasteiger partial charge in [0.15, 0.2) is 0 Å². The Kier molecular flexibility index (Phi) is 4.32. The van der Waals surface area contributed by atoms with Crippen LogP contribution in [0, 0.1) is 6.92 Å². The zero-order chi connectivity index (χ0) is 10.7. The van der Waals surface area contributed by atoms with E-state index in [0.29, 0.717) is 0 Å². The minimum Gasteiger partial charge on any atom is -0.298 e. The first kappa shape index (κ1) is 11.9. The molecule has 14 heavy (non-hydrogen) atoms. The Morgan fingerprint density at radius 3 is 2.57 bits per heavy atom. The quantitative estimate of drug-likeness (QED) is 0.772. The third-order valence-electron chi connectivity index (χ3n) is 2.16. The molecule has 0 saturated carbocycles. The first-order valence-electron chi connectivity index (χ1n) is 4.36. The van der Waals surface area contributed by atoms with Crippen molar-refractivity contribution in [1.29, 1.82) is 0 Å². The van der Waals surface area contributed by atoms with Gasteiger partial charge in [-0.15, -0.1) is 0 Å². The SMILES string of the molecule is CC(=O)C(Br)c1ccc(CBr)c(C)c1. The number of carbonyl (C=O) groups excluding carboxylic acids is 1. The molecule has 1 unspecified atom stereocenters. The van der Waals surface area contributed by atoms with E-state index in [4.69, 9.17) is 0 Å². The number of halogens is 2. The number of rotatable bonds is 3. The highest BCUT2D eigenvalue weighted by Gasteiger charge is 2.12. The molecule has 0 bridgehead atoms. The van der Waals surface area contributed by atoms with Crippen LogP contribution < -0.4 is 0 Å². The largest absolute Gasteiger partial charge is 0.298 e. The Balaban J connectivity index is 3.02. The first-order valence-corrected chi connectivity index (χ1v) is 6.40. The Bertz CT molecular complexity index is 347. The maximum Gasteiger partial charge on any atom is 0.147 e. The van der Waals surface area contributed by atoms with Gasteiger partial charge < -0.3 is 0 Å². The lowest BCUT2D eigenvalue weighted by atomic mass is 10.0. The molecule has 1 nitrogen and oxygen atoms in total. The Morgan fingerprint density at radius 2 is 2.14 bits per heavy atom. The summed E-state index contributed by atoms with van der Waals surface area (Å²) in [5, 5.41) is 0.853. The van der Waals surface area contributed by atoms with Gasteiger partial charge in [-0.2, -0.15) is 0 Å². The van der Waals surface area contributed by atoms with Gasteiger partial charge in [0.25, 0.3) is 0 Å². The van der Waals surface area contributed by atoms with Crippen LogP contribution in [0.4, 0.5) is 0 Å². The summed E-state index contributed by atoms with van der Waals surface area (Å²) < 4.78 is 0. The van der Waals surface area contributed by atoms with Gasteiger partial charge in [-0.25, -0.2) is 0 Å². The van der Waals surface area contributed by atoms with E-state index in [2.05, 4.69) is 50.9 Å². The maximum atomic E-state index is 11.2. The summed E-state index contributed by atoms with van der Waals surface area (Å²) in [6.07, 6.45) is 0. The molecular formula is C11H12Br2O. The van der Waals surface area contributed by atoms with Gasteiger partial charge in [-0.05, 0) is 30.5 Å². The summed E-state index contributed by atoms with van der Waals surface area (Å²) in [6.45, 7) is 3.65. The Labute approximate surface area is 101 Å². The van der Waals surface area contributed by atoms with Gasteiger partial charge in [-0.1, -0.05) is 50.1 Å². The number of aryl methyl sites for hydroxylation is 1. The van der Waals surface area contributed by atoms with Crippen molar-refractivity contribution in [3.8, 4) is 0 Å². The van der Waals surface area contributed by atoms with Gasteiger partial charge in [0.1, 0.15) is 5.78 Å². The number of ketones is 1. The number of benzene rings is 1. The summed E-state index contributed by atoms with van der Waals surface area (Å²) in [6, 6.07) is 6.10. The number of carbonyl (C=O) groups is 1. The van der Waals surface area contributed by atoms with E-state index in [1.807, 2.05) is 6.07 Å². The second-order valence-electron chi connectivity index (χ2n) is 3.29. The third-order valence-corrected chi connectivity index (χ3v) is 3.94. The highest BCUT2D eigenvalue weighted by Crippen LogP contribution is 2.26. The van der Waals surface area contributed by atoms with E-state index in [-0.39, 0.29) is 10.6 Å². The van der Waals surface area contributed by atoms with E-state index >= 15 is 0 Å². The second-order valence-corrected chi connectivity index (χ2v) is 4.77. The lowest BCUT2D eigenvalue weighted by molar-refractivity contribution is -0.116. The van der Waals surface area contributed by atoms with E-state index in [1.54, 1.807) is 6.92 Å². The molecule has 0 aromatic heterocycles. The van der Waals surface area contributed by atoms with Gasteiger partial charge in [0, 0.05) is 5.33 Å². The minimum atomic E-state index is -0.175. The van der Waals surface area contributed by atoms with Crippen molar-refractivity contribution >= 4 is 37.6 Å². The fourth-order valence-electron chi connectivity index (χ4n) is 1.26. The predicted octanol–water partition coefficient (Wildman–Crippen LogP) is 3.91. The van der Waals surface area contributed by atoms with Crippen LogP contribution in [0.15, 0.2) is 18.2 Å². The highest BCUT2D eigenvalue weighted by atomic mass is 79.9. The van der Waals surface area contributed by atoms with Crippen molar-refractivity contribution in [2.45, 2.75) is 24.0 Å². The molecule has 0 radical (unpaired) electrons. The molecule has 0 fully saturated rings. The van der Waals surface area contributed by atoms with Gasteiger partial charge in [-0.3, -0.25) is 4.79 Å². The third kappa shape index (κ3) is 2.67. The fraction of sp³-hybridized carbons (Fsp3) is 0.364. The summed E-state index contributed by atoms with van der Waals surface area (Å²) in [5.41, 5.74) is 3.50. The zero-order valence-corrected chi connectivity index (χ0v) is 11.4. The molecule has 0 aliphatic rings. The molecule has 0 N–H and O–H groups in total. The van der Waals surface area contributed by atoms with E-state index in [1.165, 1.54) is 11.1 Å². The molecule has 3 heteroatoms. The Hall–Kier alpha value is -0.150. The van der Waals surface area contributed by atoms with Gasteiger partial charge in [0.2, 0.25) is 0 Å². The average molecular weight is 320 g/mol. The Morgan fingerprint density at radius 1 is 1.50 bits per heavy atom. The summed E-state index contributed by atoms with van der Waals surface area (Å²) in [4.78, 5) is 11.0. The number of alkyl halides is 2. The summed E-state index contributed by atoms with van der Waals surface area (Å²) in [7, 11) is 0. The fourth-order valence-corrected chi connectivity index (χ4v) is 2.18. The van der Waals surface area contributed by atoms with Crippen LogP contribution in [-0.4, -0.2) is 5.78 Å². The number of hydrogen-bond donors (Lipinski definition) is 0. The topological polar surface area (TPSA) is 17.1 Å². The lowest BCUT2D eigenvalue weighted by Gasteiger charge is -2.09. The van der Waals surface area contributed by atoms with Crippen molar-refractivity contribution in [3.63, 3.8) is 0 Å². The standard InChI is InChI=1S/C11H12Br2O/c1-7-5-9(11(13)8(2)14)3-4-10(7)6-12/h3-5,11H,6H2,1-2H3. The second kappa shape index (κ2) is 5.08. The van der Waals surface area contributed by atoms with Crippen molar-refractivity contribution in [3.05, 3.63) is 34.9 Å². The summed E-state index contributed by atoms with van der Waals surface area (Å²) >= 11 is 6.79. The van der Waals surface area contributed by atoms with E-state index in [0.717, 1.165) is 10.9 Å². The smallest absolute Gasteiger partial charge is 0.147 e. The zero-order valence-electron chi connectivity index (χ0n) is 8.18. The van der Waals surface area contributed by atoms with Crippen molar-refractivity contribution in [1.82, 2.24) is 0 Å². The normalized spacial score (nSPS) is 12.6. The number of Topliss-reactive ketones (excluding diaryl/α,β-unsaturated/α-hetero) is 1. The molecule has 0 amide bonds. The molecule has 1 atom stereocenters. The van der Waals surface area contributed by atoms with Crippen LogP contribution in [0.3, 0.4) is 0 Å². The maximum absolute atomic E-state index is 11.2. The molecule has 76 valence electrons. The van der Waals surface area contributed by atoms with Crippen molar-refractivity contribution in [2.24, 2.45) is 0 Å². The monoisotopic (exact) mass is 318 g/mol. The molecule has 1 aromatic carbocycles. The molecule has 0 saturated heterocycles. The predicted molar refractivity (Wildman–Crippen MR) is 66.2 cm³/mol. The van der Waals surface area contributed by atoms with Crippen LogP contribution in [0.2, 0.25) is 0 Å². The molecule has 0 heterocycles. The molecule has 0 aliphatic heterocycles. The lowest BCUT2D eigenvalue weighted by Crippen LogP contribution is -2.01. The van der Waals surface area contributed by atoms with Gasteiger partial charge >= 0.3 is 0 Å². The molecule has 1 aromatic rings. The minimum absolute atomic E-state index is 0.135. The van der Waals surface area contributed by atoms with E-state index < -0.39 is 0 Å². The molecule has 1 rings (SSSR count). The van der Waals surface area contributed by atoms with Gasteiger partial charge in [0.05, 0.1) is 4.83 Å². The molecule has 0 aliphatic carbocycles. The summed E-state index contributed by atoms with van der Waals surface area (Å²) in [5.74, 6) is 0.135. The average Bonchev–Trinajstić information content (AvgIpc) is 2.16. The first-order chi connectivity index (χ1) is 6.56. The van der Waals surface area contributed by atoms with Crippen LogP contribution >= 0.6 is 31.9 Å². The molecule has 0 spiro atoms.